The zero-order chi connectivity index (χ0) is 10.3. The Balaban J connectivity index is 3.34. The molecule has 0 fully saturated rings. The van der Waals surface area contributed by atoms with E-state index in [-0.39, 0.29) is 6.10 Å². The molecular weight excluding hydrogens is 160 g/mol. The Kier molecular flexibility index (Phi) is 7.35. The summed E-state index contributed by atoms with van der Waals surface area (Å²) in [6.45, 7) is 8.84. The van der Waals surface area contributed by atoms with Gasteiger partial charge in [0.25, 0.3) is 0 Å². The number of hydrogen-bond donors (Lipinski definition) is 1. The van der Waals surface area contributed by atoms with Crippen molar-refractivity contribution >= 4 is 0 Å². The van der Waals surface area contributed by atoms with E-state index in [0.29, 0.717) is 5.92 Å². The van der Waals surface area contributed by atoms with Gasteiger partial charge in [-0.15, -0.1) is 0 Å². The maximum absolute atomic E-state index is 9.44. The lowest BCUT2D eigenvalue weighted by Gasteiger charge is -2.15. The number of hydrogen-bond acceptors (Lipinski definition) is 1. The largest absolute Gasteiger partial charge is 0.393 e. The minimum Gasteiger partial charge on any atom is -0.393 e. The number of aliphatic hydroxyl groups excluding tert-OH is 1. The SMILES string of the molecule is CC[C@@H](O)C[C@H](C)CCCC(C)C. The molecule has 0 rings (SSSR count). The molecule has 0 bridgehead atoms. The molecule has 0 radical (unpaired) electrons. The minimum absolute atomic E-state index is 0.0750. The van der Waals surface area contributed by atoms with Crippen LogP contribution in [0, 0.1) is 11.8 Å². The van der Waals surface area contributed by atoms with Gasteiger partial charge in [-0.1, -0.05) is 47.0 Å². The molecule has 0 aliphatic rings. The van der Waals surface area contributed by atoms with E-state index in [4.69, 9.17) is 0 Å². The minimum atomic E-state index is -0.0750. The third-order valence-corrected chi connectivity index (χ3v) is 2.62. The summed E-state index contributed by atoms with van der Waals surface area (Å²) in [7, 11) is 0. The summed E-state index contributed by atoms with van der Waals surface area (Å²) in [5.74, 6) is 1.51. The molecule has 0 saturated carbocycles. The summed E-state index contributed by atoms with van der Waals surface area (Å²) in [4.78, 5) is 0. The van der Waals surface area contributed by atoms with E-state index in [2.05, 4.69) is 20.8 Å². The standard InChI is InChI=1S/C12H26O/c1-5-12(13)9-11(4)8-6-7-10(2)3/h10-13H,5-9H2,1-4H3/t11-,12-/m1/s1. The van der Waals surface area contributed by atoms with Crippen molar-refractivity contribution in [2.75, 3.05) is 0 Å². The predicted molar refractivity (Wildman–Crippen MR) is 58.8 cm³/mol. The van der Waals surface area contributed by atoms with Crippen molar-refractivity contribution in [2.45, 2.75) is 65.9 Å². The Morgan fingerprint density at radius 1 is 1.08 bits per heavy atom. The molecule has 1 nitrogen and oxygen atoms in total. The number of rotatable bonds is 7. The fourth-order valence-electron chi connectivity index (χ4n) is 1.62. The van der Waals surface area contributed by atoms with Crippen molar-refractivity contribution in [1.29, 1.82) is 0 Å². The lowest BCUT2D eigenvalue weighted by Crippen LogP contribution is -2.10. The van der Waals surface area contributed by atoms with Crippen molar-refractivity contribution in [3.63, 3.8) is 0 Å². The van der Waals surface area contributed by atoms with Crippen molar-refractivity contribution in [1.82, 2.24) is 0 Å². The first-order chi connectivity index (χ1) is 6.06. The maximum Gasteiger partial charge on any atom is 0.0540 e. The summed E-state index contributed by atoms with van der Waals surface area (Å²) in [6, 6.07) is 0. The third kappa shape index (κ3) is 8.29. The molecular formula is C12H26O. The van der Waals surface area contributed by atoms with Gasteiger partial charge in [0.15, 0.2) is 0 Å². The molecule has 0 saturated heterocycles. The van der Waals surface area contributed by atoms with Crippen LogP contribution in [-0.2, 0) is 0 Å². The molecule has 0 aliphatic carbocycles. The average Bonchev–Trinajstić information content (AvgIpc) is 2.03. The van der Waals surface area contributed by atoms with E-state index >= 15 is 0 Å². The van der Waals surface area contributed by atoms with Crippen molar-refractivity contribution in [2.24, 2.45) is 11.8 Å². The van der Waals surface area contributed by atoms with Gasteiger partial charge in [-0.3, -0.25) is 0 Å². The molecule has 13 heavy (non-hydrogen) atoms. The Labute approximate surface area is 83.5 Å². The topological polar surface area (TPSA) is 20.2 Å². The van der Waals surface area contributed by atoms with Gasteiger partial charge in [0.2, 0.25) is 0 Å². The third-order valence-electron chi connectivity index (χ3n) is 2.62. The van der Waals surface area contributed by atoms with Gasteiger partial charge in [-0.25, -0.2) is 0 Å². The van der Waals surface area contributed by atoms with Gasteiger partial charge in [0, 0.05) is 0 Å². The highest BCUT2D eigenvalue weighted by Crippen LogP contribution is 2.17. The van der Waals surface area contributed by atoms with Crippen LogP contribution in [0.4, 0.5) is 0 Å². The van der Waals surface area contributed by atoms with Crippen molar-refractivity contribution in [3.05, 3.63) is 0 Å². The fourth-order valence-corrected chi connectivity index (χ4v) is 1.62. The van der Waals surface area contributed by atoms with E-state index in [1.807, 2.05) is 6.92 Å². The molecule has 0 aromatic rings. The highest BCUT2D eigenvalue weighted by atomic mass is 16.3. The molecule has 0 aliphatic heterocycles. The first-order valence-electron chi connectivity index (χ1n) is 5.74. The second kappa shape index (κ2) is 7.37. The lowest BCUT2D eigenvalue weighted by molar-refractivity contribution is 0.138. The zero-order valence-corrected chi connectivity index (χ0v) is 9.71. The molecule has 80 valence electrons. The highest BCUT2D eigenvalue weighted by molar-refractivity contribution is 4.60. The van der Waals surface area contributed by atoms with E-state index < -0.39 is 0 Å². The van der Waals surface area contributed by atoms with Crippen molar-refractivity contribution in [3.8, 4) is 0 Å². The smallest absolute Gasteiger partial charge is 0.0540 e. The molecule has 0 aromatic carbocycles. The van der Waals surface area contributed by atoms with Gasteiger partial charge >= 0.3 is 0 Å². The highest BCUT2D eigenvalue weighted by Gasteiger charge is 2.08. The Morgan fingerprint density at radius 3 is 2.15 bits per heavy atom. The van der Waals surface area contributed by atoms with Crippen LogP contribution in [-0.4, -0.2) is 11.2 Å². The zero-order valence-electron chi connectivity index (χ0n) is 9.71. The van der Waals surface area contributed by atoms with Crippen LogP contribution in [0.3, 0.4) is 0 Å². The molecule has 0 unspecified atom stereocenters. The van der Waals surface area contributed by atoms with Crippen LogP contribution in [0.15, 0.2) is 0 Å². The first kappa shape index (κ1) is 13.0. The van der Waals surface area contributed by atoms with Gasteiger partial charge in [0.1, 0.15) is 0 Å². The van der Waals surface area contributed by atoms with Gasteiger partial charge < -0.3 is 5.11 Å². The molecule has 1 heteroatoms. The normalized spacial score (nSPS) is 16.2. The van der Waals surface area contributed by atoms with Crippen LogP contribution in [0.1, 0.15) is 59.8 Å². The second-order valence-electron chi connectivity index (χ2n) is 4.73. The second-order valence-corrected chi connectivity index (χ2v) is 4.73. The maximum atomic E-state index is 9.44. The fraction of sp³-hybridized carbons (Fsp3) is 1.00. The van der Waals surface area contributed by atoms with Crippen LogP contribution in [0.25, 0.3) is 0 Å². The van der Waals surface area contributed by atoms with Gasteiger partial charge in [0.05, 0.1) is 6.10 Å². The van der Waals surface area contributed by atoms with Gasteiger partial charge in [-0.2, -0.15) is 0 Å². The summed E-state index contributed by atoms with van der Waals surface area (Å²) in [5.41, 5.74) is 0. The molecule has 0 aromatic heterocycles. The summed E-state index contributed by atoms with van der Waals surface area (Å²) >= 11 is 0. The molecule has 2 atom stereocenters. The molecule has 1 N–H and O–H groups in total. The quantitative estimate of drug-likeness (QED) is 0.644. The van der Waals surface area contributed by atoms with E-state index in [1.54, 1.807) is 0 Å². The van der Waals surface area contributed by atoms with Crippen LogP contribution in [0.2, 0.25) is 0 Å². The van der Waals surface area contributed by atoms with Crippen LogP contribution >= 0.6 is 0 Å². The predicted octanol–water partition coefficient (Wildman–Crippen LogP) is 3.61. The molecule has 0 spiro atoms. The van der Waals surface area contributed by atoms with Gasteiger partial charge in [-0.05, 0) is 24.7 Å². The molecule has 0 amide bonds. The van der Waals surface area contributed by atoms with Crippen LogP contribution in [0.5, 0.6) is 0 Å². The summed E-state index contributed by atoms with van der Waals surface area (Å²) in [5, 5.41) is 9.44. The Bertz CT molecular complexity index is 110. The average molecular weight is 186 g/mol. The van der Waals surface area contributed by atoms with Crippen molar-refractivity contribution < 1.29 is 5.11 Å². The Hall–Kier alpha value is -0.0400. The van der Waals surface area contributed by atoms with Crippen LogP contribution < -0.4 is 0 Å². The summed E-state index contributed by atoms with van der Waals surface area (Å²) in [6.07, 6.45) is 5.72. The van der Waals surface area contributed by atoms with E-state index in [0.717, 1.165) is 18.8 Å². The van der Waals surface area contributed by atoms with E-state index in [9.17, 15) is 5.11 Å². The summed E-state index contributed by atoms with van der Waals surface area (Å²) < 4.78 is 0. The lowest BCUT2D eigenvalue weighted by atomic mass is 9.94. The number of aliphatic hydroxyl groups is 1. The molecule has 0 heterocycles. The van der Waals surface area contributed by atoms with E-state index in [1.165, 1.54) is 19.3 Å². The Morgan fingerprint density at radius 2 is 1.69 bits per heavy atom. The monoisotopic (exact) mass is 186 g/mol. The first-order valence-corrected chi connectivity index (χ1v) is 5.74.